The Labute approximate surface area is 110 Å². The molecule has 85 valence electrons. The smallest absolute Gasteiger partial charge is 0.371 e. The molecule has 8 nitrogen and oxygen atoms in total. The van der Waals surface area contributed by atoms with Crippen molar-refractivity contribution in [2.75, 3.05) is 0 Å². The maximum Gasteiger partial charge on any atom is 0.371 e. The van der Waals surface area contributed by atoms with E-state index in [0.29, 0.717) is 12.1 Å². The summed E-state index contributed by atoms with van der Waals surface area (Å²) in [7, 11) is 0. The van der Waals surface area contributed by atoms with Gasteiger partial charge in [0.05, 0.1) is 0 Å². The van der Waals surface area contributed by atoms with Crippen LogP contribution in [0.3, 0.4) is 0 Å². The third-order valence-corrected chi connectivity index (χ3v) is 1.19. The molecule has 0 unspecified atom stereocenters. The van der Waals surface area contributed by atoms with E-state index < -0.39 is 28.9 Å². The molecule has 9 heteroatoms. The largest absolute Gasteiger partial charge is 0.475 e. The molecule has 0 amide bonds. The van der Waals surface area contributed by atoms with Gasteiger partial charge in [-0.3, -0.25) is 4.79 Å². The minimum atomic E-state index is -1.49. The molecule has 1 rings (SSSR count). The number of aromatic carboxylic acids is 2. The summed E-state index contributed by atoms with van der Waals surface area (Å²) in [5.41, 5.74) is -0.721. The zero-order valence-corrected chi connectivity index (χ0v) is 10.2. The molecule has 1 aromatic rings. The third-order valence-electron chi connectivity index (χ3n) is 1.19. The number of rotatable bonds is 2. The van der Waals surface area contributed by atoms with E-state index in [4.69, 9.17) is 10.2 Å². The summed E-state index contributed by atoms with van der Waals surface area (Å²) in [6.45, 7) is 0. The Hall–Kier alpha value is -1.19. The Balaban J connectivity index is -0.000000563. The summed E-state index contributed by atoms with van der Waals surface area (Å²) in [5.74, 6) is -4.35. The van der Waals surface area contributed by atoms with Crippen LogP contribution in [0.15, 0.2) is 21.3 Å². The molecule has 0 aromatic carbocycles. The SMILES string of the molecule is O.O.O=C(O)c1cc(=O)cc(C(=O)O)o1.[Na]. The normalized spacial score (nSPS) is 7.75. The molecule has 1 heterocycles. The van der Waals surface area contributed by atoms with E-state index in [9.17, 15) is 14.4 Å². The summed E-state index contributed by atoms with van der Waals surface area (Å²) in [4.78, 5) is 31.3. The van der Waals surface area contributed by atoms with Crippen LogP contribution >= 0.6 is 0 Å². The molecule has 16 heavy (non-hydrogen) atoms. The van der Waals surface area contributed by atoms with Crippen molar-refractivity contribution in [2.45, 2.75) is 0 Å². The van der Waals surface area contributed by atoms with Gasteiger partial charge >= 0.3 is 11.9 Å². The van der Waals surface area contributed by atoms with E-state index in [1.54, 1.807) is 0 Å². The quantitative estimate of drug-likeness (QED) is 0.569. The first-order chi connectivity index (χ1) is 6.00. The van der Waals surface area contributed by atoms with Crippen LogP contribution in [-0.2, 0) is 0 Å². The molecule has 0 aliphatic heterocycles. The summed E-state index contributed by atoms with van der Waals surface area (Å²) >= 11 is 0. The van der Waals surface area contributed by atoms with Crippen molar-refractivity contribution in [1.29, 1.82) is 0 Å². The standard InChI is InChI=1S/C7H4O6.Na.2H2O/c8-3-1-4(6(9)10)13-5(2-3)7(11)12;;;/h1-2H,(H,9,10)(H,11,12);;2*1H2. The fraction of sp³-hybridized carbons (Fsp3) is 0. The number of hydrogen-bond donors (Lipinski definition) is 2. The van der Waals surface area contributed by atoms with Crippen LogP contribution in [0.2, 0.25) is 0 Å². The summed E-state index contributed by atoms with van der Waals surface area (Å²) in [6, 6.07) is 1.41. The molecule has 0 spiro atoms. The van der Waals surface area contributed by atoms with Crippen LogP contribution in [0, 0.1) is 0 Å². The Morgan fingerprint density at radius 2 is 1.31 bits per heavy atom. The number of carboxylic acid groups (broad SMARTS) is 2. The van der Waals surface area contributed by atoms with Crippen LogP contribution in [0.25, 0.3) is 0 Å². The van der Waals surface area contributed by atoms with Crippen molar-refractivity contribution in [2.24, 2.45) is 0 Å². The van der Waals surface area contributed by atoms with Crippen molar-refractivity contribution < 1.29 is 35.2 Å². The molecular weight excluding hydrogens is 235 g/mol. The Morgan fingerprint density at radius 3 is 1.56 bits per heavy atom. The Morgan fingerprint density at radius 1 is 1.00 bits per heavy atom. The van der Waals surface area contributed by atoms with E-state index in [1.165, 1.54) is 0 Å². The molecule has 6 N–H and O–H groups in total. The third kappa shape index (κ3) is 5.05. The van der Waals surface area contributed by atoms with Gasteiger partial charge in [-0.1, -0.05) is 0 Å². The average Bonchev–Trinajstić information content (AvgIpc) is 2.03. The monoisotopic (exact) mass is 243 g/mol. The van der Waals surface area contributed by atoms with Gasteiger partial charge in [0.15, 0.2) is 5.43 Å². The summed E-state index contributed by atoms with van der Waals surface area (Å²) in [5, 5.41) is 16.8. The van der Waals surface area contributed by atoms with Crippen LogP contribution in [0.4, 0.5) is 0 Å². The fourth-order valence-electron chi connectivity index (χ4n) is 0.688. The Kier molecular flexibility index (Phi) is 10.2. The van der Waals surface area contributed by atoms with Crippen molar-refractivity contribution in [3.05, 3.63) is 33.9 Å². The van der Waals surface area contributed by atoms with Crippen LogP contribution < -0.4 is 5.43 Å². The molecule has 0 aliphatic rings. The van der Waals surface area contributed by atoms with Gasteiger partial charge in [0, 0.05) is 41.7 Å². The fourth-order valence-corrected chi connectivity index (χ4v) is 0.688. The predicted octanol–water partition coefficient (Wildman–Crippen LogP) is -1.99. The number of hydrogen-bond acceptors (Lipinski definition) is 4. The number of carbonyl (C=O) groups is 2. The first-order valence-electron chi connectivity index (χ1n) is 3.12. The summed E-state index contributed by atoms with van der Waals surface area (Å²) in [6.07, 6.45) is 0. The second-order valence-electron chi connectivity index (χ2n) is 2.13. The molecule has 0 saturated heterocycles. The van der Waals surface area contributed by atoms with E-state index in [2.05, 4.69) is 4.42 Å². The maximum absolute atomic E-state index is 10.7. The van der Waals surface area contributed by atoms with Crippen LogP contribution in [0.5, 0.6) is 0 Å². The van der Waals surface area contributed by atoms with Crippen molar-refractivity contribution in [3.63, 3.8) is 0 Å². The van der Waals surface area contributed by atoms with E-state index >= 15 is 0 Å². The van der Waals surface area contributed by atoms with Gasteiger partial charge in [-0.25, -0.2) is 9.59 Å². The van der Waals surface area contributed by atoms with Crippen LogP contribution in [0.1, 0.15) is 21.1 Å². The zero-order valence-electron chi connectivity index (χ0n) is 8.18. The molecule has 1 aromatic heterocycles. The van der Waals surface area contributed by atoms with E-state index in [1.807, 2.05) is 0 Å². The van der Waals surface area contributed by atoms with Crippen molar-refractivity contribution in [1.82, 2.24) is 0 Å². The summed E-state index contributed by atoms with van der Waals surface area (Å²) < 4.78 is 4.38. The average molecular weight is 243 g/mol. The molecule has 0 bridgehead atoms. The molecule has 0 atom stereocenters. The van der Waals surface area contributed by atoms with E-state index in [-0.39, 0.29) is 40.5 Å². The number of carboxylic acids is 2. The first kappa shape index (κ1) is 20.3. The molecule has 0 fully saturated rings. The minimum absolute atomic E-state index is 0. The second kappa shape index (κ2) is 8.02. The minimum Gasteiger partial charge on any atom is -0.475 e. The van der Waals surface area contributed by atoms with Crippen molar-refractivity contribution in [3.8, 4) is 0 Å². The Bertz CT molecular complexity index is 387. The van der Waals surface area contributed by atoms with Gasteiger partial charge < -0.3 is 25.6 Å². The molecule has 0 aliphatic carbocycles. The maximum atomic E-state index is 10.7. The predicted molar refractivity (Wildman–Crippen MR) is 51.9 cm³/mol. The topological polar surface area (TPSA) is 168 Å². The van der Waals surface area contributed by atoms with Crippen LogP contribution in [-0.4, -0.2) is 62.7 Å². The molecule has 0 saturated carbocycles. The van der Waals surface area contributed by atoms with Gasteiger partial charge in [0.2, 0.25) is 11.5 Å². The van der Waals surface area contributed by atoms with Gasteiger partial charge in [-0.2, -0.15) is 0 Å². The van der Waals surface area contributed by atoms with Gasteiger partial charge in [0.1, 0.15) is 0 Å². The van der Waals surface area contributed by atoms with Gasteiger partial charge in [0.25, 0.3) is 0 Å². The van der Waals surface area contributed by atoms with Crippen molar-refractivity contribution >= 4 is 41.5 Å². The zero-order chi connectivity index (χ0) is 10.0. The second-order valence-corrected chi connectivity index (χ2v) is 2.13. The van der Waals surface area contributed by atoms with Gasteiger partial charge in [-0.15, -0.1) is 0 Å². The molecular formula is C7H8NaO8. The van der Waals surface area contributed by atoms with E-state index in [0.717, 1.165) is 0 Å². The molecule has 1 radical (unpaired) electrons. The van der Waals surface area contributed by atoms with Gasteiger partial charge in [-0.05, 0) is 0 Å². The first-order valence-corrected chi connectivity index (χ1v) is 3.12.